The molecule has 0 spiro atoms. The van der Waals surface area contributed by atoms with Crippen molar-refractivity contribution in [2.24, 2.45) is 0 Å². The third-order valence-electron chi connectivity index (χ3n) is 2.00. The highest BCUT2D eigenvalue weighted by Gasteiger charge is 2.11. The Labute approximate surface area is 85.6 Å². The van der Waals surface area contributed by atoms with E-state index in [2.05, 4.69) is 9.97 Å². The minimum atomic E-state index is -0.418. The second kappa shape index (κ2) is 3.88. The number of aromatic nitrogens is 2. The molecule has 0 amide bonds. The second-order valence-electron chi connectivity index (χ2n) is 2.99. The molecule has 1 heterocycles. The summed E-state index contributed by atoms with van der Waals surface area (Å²) in [5, 5.41) is 0. The van der Waals surface area contributed by atoms with Crippen LogP contribution in [0.3, 0.4) is 0 Å². The summed E-state index contributed by atoms with van der Waals surface area (Å²) in [6.45, 7) is 0. The number of nitrogens with one attached hydrogen (secondary N) is 1. The Kier molecular flexibility index (Phi) is 2.41. The number of benzene rings is 1. The summed E-state index contributed by atoms with van der Waals surface area (Å²) in [5.74, 6) is -0.315. The molecule has 0 saturated heterocycles. The first kappa shape index (κ1) is 9.33. The predicted octanol–water partition coefficient (Wildman–Crippen LogP) is 1.00. The fraction of sp³-hybridized carbons (Fsp3) is 0. The molecule has 0 bridgehead atoms. The molecule has 74 valence electrons. The molecule has 0 aliphatic rings. The molecule has 0 radical (unpaired) electrons. The van der Waals surface area contributed by atoms with E-state index in [0.717, 1.165) is 0 Å². The van der Waals surface area contributed by atoms with Gasteiger partial charge in [0.1, 0.15) is 5.56 Å². The minimum absolute atomic E-state index is 0.0590. The van der Waals surface area contributed by atoms with Crippen LogP contribution in [0.15, 0.2) is 47.7 Å². The van der Waals surface area contributed by atoms with Crippen LogP contribution in [-0.4, -0.2) is 15.8 Å². The van der Waals surface area contributed by atoms with E-state index >= 15 is 0 Å². The van der Waals surface area contributed by atoms with Crippen molar-refractivity contribution >= 4 is 5.78 Å². The molecular weight excluding hydrogens is 192 g/mol. The molecular formula is C11H8N2O2. The lowest BCUT2D eigenvalue weighted by atomic mass is 10.1. The summed E-state index contributed by atoms with van der Waals surface area (Å²) in [6, 6.07) is 8.63. The van der Waals surface area contributed by atoms with E-state index in [1.54, 1.807) is 24.3 Å². The Morgan fingerprint density at radius 2 is 1.93 bits per heavy atom. The number of nitrogens with zero attached hydrogens (tertiary/aromatic N) is 1. The van der Waals surface area contributed by atoms with Crippen LogP contribution in [0.2, 0.25) is 0 Å². The van der Waals surface area contributed by atoms with Crippen molar-refractivity contribution in [2.45, 2.75) is 0 Å². The largest absolute Gasteiger partial charge is 0.313 e. The molecule has 4 heteroatoms. The number of aromatic amines is 1. The smallest absolute Gasteiger partial charge is 0.261 e. The zero-order valence-electron chi connectivity index (χ0n) is 7.81. The Balaban J connectivity index is 2.47. The molecule has 4 nitrogen and oxygen atoms in total. The van der Waals surface area contributed by atoms with E-state index in [4.69, 9.17) is 0 Å². The lowest BCUT2D eigenvalue weighted by molar-refractivity contribution is 0.103. The van der Waals surface area contributed by atoms with Gasteiger partial charge in [0.15, 0.2) is 5.78 Å². The first-order valence-electron chi connectivity index (χ1n) is 4.41. The van der Waals surface area contributed by atoms with Gasteiger partial charge in [-0.2, -0.15) is 0 Å². The lowest BCUT2D eigenvalue weighted by Gasteiger charge is -1.98. The maximum absolute atomic E-state index is 11.8. The summed E-state index contributed by atoms with van der Waals surface area (Å²) in [6.07, 6.45) is 2.53. The normalized spacial score (nSPS) is 9.87. The molecule has 0 aliphatic carbocycles. The molecule has 2 rings (SSSR count). The zero-order chi connectivity index (χ0) is 10.7. The van der Waals surface area contributed by atoms with Crippen LogP contribution in [0.4, 0.5) is 0 Å². The number of hydrogen-bond donors (Lipinski definition) is 1. The van der Waals surface area contributed by atoms with E-state index in [0.29, 0.717) is 5.56 Å². The average molecular weight is 200 g/mol. The van der Waals surface area contributed by atoms with Crippen LogP contribution >= 0.6 is 0 Å². The Morgan fingerprint density at radius 3 is 2.60 bits per heavy atom. The van der Waals surface area contributed by atoms with Gasteiger partial charge >= 0.3 is 0 Å². The van der Waals surface area contributed by atoms with Crippen LogP contribution in [0.25, 0.3) is 0 Å². The van der Waals surface area contributed by atoms with Crippen molar-refractivity contribution in [2.75, 3.05) is 0 Å². The van der Waals surface area contributed by atoms with E-state index in [1.165, 1.54) is 12.5 Å². The van der Waals surface area contributed by atoms with Crippen molar-refractivity contribution in [3.8, 4) is 0 Å². The molecule has 1 N–H and O–H groups in total. The number of hydrogen-bond acceptors (Lipinski definition) is 3. The van der Waals surface area contributed by atoms with Gasteiger partial charge in [0.25, 0.3) is 5.56 Å². The van der Waals surface area contributed by atoms with Crippen molar-refractivity contribution in [3.05, 3.63) is 64.3 Å². The fourth-order valence-corrected chi connectivity index (χ4v) is 1.25. The van der Waals surface area contributed by atoms with Gasteiger partial charge in [-0.3, -0.25) is 9.59 Å². The van der Waals surface area contributed by atoms with E-state index in [1.807, 2.05) is 6.07 Å². The Morgan fingerprint density at radius 1 is 1.20 bits per heavy atom. The molecule has 0 fully saturated rings. The SMILES string of the molecule is O=C(c1ccccc1)c1cnc[nH]c1=O. The third kappa shape index (κ3) is 1.83. The van der Waals surface area contributed by atoms with Crippen LogP contribution in [0.5, 0.6) is 0 Å². The van der Waals surface area contributed by atoms with Gasteiger partial charge in [0, 0.05) is 11.8 Å². The molecule has 0 atom stereocenters. The standard InChI is InChI=1S/C11H8N2O2/c14-10(8-4-2-1-3-5-8)9-6-12-7-13-11(9)15/h1-7H,(H,12,13,15). The van der Waals surface area contributed by atoms with Crippen molar-refractivity contribution in [1.29, 1.82) is 0 Å². The van der Waals surface area contributed by atoms with Gasteiger partial charge in [0.05, 0.1) is 6.33 Å². The highest BCUT2D eigenvalue weighted by atomic mass is 16.1. The number of ketones is 1. The first-order chi connectivity index (χ1) is 7.29. The van der Waals surface area contributed by atoms with Crippen LogP contribution in [0, 0.1) is 0 Å². The van der Waals surface area contributed by atoms with E-state index < -0.39 is 5.56 Å². The highest BCUT2D eigenvalue weighted by molar-refractivity contribution is 6.08. The van der Waals surface area contributed by atoms with Gasteiger partial charge in [-0.05, 0) is 0 Å². The molecule has 1 aromatic heterocycles. The molecule has 0 aliphatic heterocycles. The zero-order valence-corrected chi connectivity index (χ0v) is 7.81. The number of carbonyl (C=O) groups excluding carboxylic acids is 1. The Hall–Kier alpha value is -2.23. The van der Waals surface area contributed by atoms with Crippen molar-refractivity contribution in [1.82, 2.24) is 9.97 Å². The maximum Gasteiger partial charge on any atom is 0.261 e. The molecule has 0 unspecified atom stereocenters. The number of rotatable bonds is 2. The number of H-pyrrole nitrogens is 1. The van der Waals surface area contributed by atoms with E-state index in [9.17, 15) is 9.59 Å². The van der Waals surface area contributed by atoms with Crippen molar-refractivity contribution in [3.63, 3.8) is 0 Å². The summed E-state index contributed by atoms with van der Waals surface area (Å²) in [4.78, 5) is 29.2. The summed E-state index contributed by atoms with van der Waals surface area (Å²) >= 11 is 0. The maximum atomic E-state index is 11.8. The van der Waals surface area contributed by atoms with Gasteiger partial charge in [-0.15, -0.1) is 0 Å². The van der Waals surface area contributed by atoms with Gasteiger partial charge in [0.2, 0.25) is 0 Å². The molecule has 1 aromatic carbocycles. The third-order valence-corrected chi connectivity index (χ3v) is 2.00. The van der Waals surface area contributed by atoms with Crippen LogP contribution < -0.4 is 5.56 Å². The van der Waals surface area contributed by atoms with Crippen molar-refractivity contribution < 1.29 is 4.79 Å². The average Bonchev–Trinajstić information content (AvgIpc) is 2.30. The summed E-state index contributed by atoms with van der Waals surface area (Å²) < 4.78 is 0. The highest BCUT2D eigenvalue weighted by Crippen LogP contribution is 2.04. The first-order valence-corrected chi connectivity index (χ1v) is 4.41. The molecule has 0 saturated carbocycles. The predicted molar refractivity (Wildman–Crippen MR) is 54.7 cm³/mol. The topological polar surface area (TPSA) is 62.8 Å². The van der Waals surface area contributed by atoms with Gasteiger partial charge in [-0.1, -0.05) is 30.3 Å². The molecule has 15 heavy (non-hydrogen) atoms. The lowest BCUT2D eigenvalue weighted by Crippen LogP contribution is -2.18. The molecule has 2 aromatic rings. The van der Waals surface area contributed by atoms with Crippen LogP contribution in [0.1, 0.15) is 15.9 Å². The second-order valence-corrected chi connectivity index (χ2v) is 2.99. The number of carbonyl (C=O) groups is 1. The van der Waals surface area contributed by atoms with Crippen LogP contribution in [-0.2, 0) is 0 Å². The van der Waals surface area contributed by atoms with Gasteiger partial charge in [-0.25, -0.2) is 4.98 Å². The van der Waals surface area contributed by atoms with E-state index in [-0.39, 0.29) is 11.3 Å². The summed E-state index contributed by atoms with van der Waals surface area (Å²) in [5.41, 5.74) is 0.124. The minimum Gasteiger partial charge on any atom is -0.313 e. The van der Waals surface area contributed by atoms with Gasteiger partial charge < -0.3 is 4.98 Å². The summed E-state index contributed by atoms with van der Waals surface area (Å²) in [7, 11) is 0. The Bertz CT molecular complexity index is 532. The fourth-order valence-electron chi connectivity index (χ4n) is 1.25. The quantitative estimate of drug-likeness (QED) is 0.735. The monoisotopic (exact) mass is 200 g/mol.